The molecule has 2 aromatic heterocycles. The number of carbonyl (C=O) groups excluding carboxylic acids is 1. The van der Waals surface area contributed by atoms with E-state index >= 15 is 0 Å². The normalized spacial score (nSPS) is 10.8. The summed E-state index contributed by atoms with van der Waals surface area (Å²) in [6.07, 6.45) is 0. The molecule has 0 atom stereocenters. The number of rotatable bonds is 4. The second-order valence-corrected chi connectivity index (χ2v) is 6.70. The summed E-state index contributed by atoms with van der Waals surface area (Å²) in [5.74, 6) is 0.747. The zero-order valence-electron chi connectivity index (χ0n) is 14.1. The Morgan fingerprint density at radius 2 is 2.04 bits per heavy atom. The van der Waals surface area contributed by atoms with Crippen molar-refractivity contribution in [3.8, 4) is 17.1 Å². The summed E-state index contributed by atoms with van der Waals surface area (Å²) in [6, 6.07) is 14.9. The van der Waals surface area contributed by atoms with E-state index in [1.807, 2.05) is 49.4 Å². The van der Waals surface area contributed by atoms with Crippen LogP contribution in [0.25, 0.3) is 21.5 Å². The van der Waals surface area contributed by atoms with Gasteiger partial charge < -0.3 is 9.26 Å². The molecule has 6 nitrogen and oxygen atoms in total. The number of aromatic nitrogens is 2. The average Bonchev–Trinajstić information content (AvgIpc) is 3.29. The third kappa shape index (κ3) is 2.93. The van der Waals surface area contributed by atoms with Gasteiger partial charge in [0.25, 0.3) is 5.91 Å². The maximum Gasteiger partial charge on any atom is 0.279 e. The van der Waals surface area contributed by atoms with Gasteiger partial charge in [-0.15, -0.1) is 0 Å². The van der Waals surface area contributed by atoms with Crippen LogP contribution in [0.15, 0.2) is 53.1 Å². The first-order valence-electron chi connectivity index (χ1n) is 7.93. The van der Waals surface area contributed by atoms with E-state index in [0.717, 1.165) is 21.3 Å². The number of fused-ring (bicyclic) bond motifs is 1. The Balaban J connectivity index is 1.59. The Labute approximate surface area is 153 Å². The summed E-state index contributed by atoms with van der Waals surface area (Å²) < 4.78 is 11.7. The lowest BCUT2D eigenvalue weighted by Gasteiger charge is -2.03. The van der Waals surface area contributed by atoms with Crippen LogP contribution in [-0.4, -0.2) is 23.2 Å². The van der Waals surface area contributed by atoms with E-state index < -0.39 is 0 Å². The van der Waals surface area contributed by atoms with E-state index in [2.05, 4.69) is 15.5 Å². The maximum absolute atomic E-state index is 12.5. The molecule has 4 rings (SSSR count). The smallest absolute Gasteiger partial charge is 0.279 e. The van der Waals surface area contributed by atoms with Gasteiger partial charge in [0.05, 0.1) is 22.9 Å². The lowest BCUT2D eigenvalue weighted by molar-refractivity contribution is 0.101. The van der Waals surface area contributed by atoms with Crippen molar-refractivity contribution in [2.75, 3.05) is 12.4 Å². The Morgan fingerprint density at radius 3 is 2.85 bits per heavy atom. The molecule has 0 saturated carbocycles. The summed E-state index contributed by atoms with van der Waals surface area (Å²) in [4.78, 5) is 17.0. The Kier molecular flexibility index (Phi) is 4.14. The molecule has 2 aromatic carbocycles. The molecule has 130 valence electrons. The first kappa shape index (κ1) is 16.3. The topological polar surface area (TPSA) is 77.2 Å². The number of carbonyl (C=O) groups is 1. The fraction of sp³-hybridized carbons (Fsp3) is 0.105. The van der Waals surface area contributed by atoms with Gasteiger partial charge in [-0.2, -0.15) is 0 Å². The predicted molar refractivity (Wildman–Crippen MR) is 101 cm³/mol. The SMILES string of the molecule is COc1ccccc1-c1cc(C(=O)Nc2nc3c(C)cccc3s2)no1. The van der Waals surface area contributed by atoms with Gasteiger partial charge in [-0.25, -0.2) is 4.98 Å². The highest BCUT2D eigenvalue weighted by Gasteiger charge is 2.17. The monoisotopic (exact) mass is 365 g/mol. The molecule has 1 N–H and O–H groups in total. The van der Waals surface area contributed by atoms with Gasteiger partial charge in [0.1, 0.15) is 5.75 Å². The molecule has 0 bridgehead atoms. The molecule has 0 aliphatic carbocycles. The highest BCUT2D eigenvalue weighted by atomic mass is 32.1. The molecule has 0 aliphatic heterocycles. The van der Waals surface area contributed by atoms with Gasteiger partial charge in [0.15, 0.2) is 16.6 Å². The standard InChI is InChI=1S/C19H15N3O3S/c1-11-6-5-9-16-17(11)20-19(26-16)21-18(23)13-10-15(25-22-13)12-7-3-4-8-14(12)24-2/h3-10H,1-2H3,(H,20,21,23). The molecule has 0 fully saturated rings. The number of benzene rings is 2. The lowest BCUT2D eigenvalue weighted by Crippen LogP contribution is -2.11. The number of para-hydroxylation sites is 2. The highest BCUT2D eigenvalue weighted by Crippen LogP contribution is 2.31. The van der Waals surface area contributed by atoms with Crippen molar-refractivity contribution in [1.29, 1.82) is 0 Å². The van der Waals surface area contributed by atoms with Crippen molar-refractivity contribution in [2.45, 2.75) is 6.92 Å². The summed E-state index contributed by atoms with van der Waals surface area (Å²) in [5, 5.41) is 7.18. The van der Waals surface area contributed by atoms with E-state index in [4.69, 9.17) is 9.26 Å². The molecular weight excluding hydrogens is 350 g/mol. The fourth-order valence-corrected chi connectivity index (χ4v) is 3.60. The van der Waals surface area contributed by atoms with E-state index in [-0.39, 0.29) is 11.6 Å². The molecule has 4 aromatic rings. The maximum atomic E-state index is 12.5. The third-order valence-corrected chi connectivity index (χ3v) is 4.89. The molecule has 0 radical (unpaired) electrons. The van der Waals surface area contributed by atoms with Gasteiger partial charge in [-0.3, -0.25) is 10.1 Å². The van der Waals surface area contributed by atoms with Gasteiger partial charge in [0.2, 0.25) is 0 Å². The van der Waals surface area contributed by atoms with Gasteiger partial charge in [-0.05, 0) is 30.7 Å². The molecule has 2 heterocycles. The van der Waals surface area contributed by atoms with E-state index in [0.29, 0.717) is 16.6 Å². The van der Waals surface area contributed by atoms with Gasteiger partial charge in [-0.1, -0.05) is 40.8 Å². The highest BCUT2D eigenvalue weighted by molar-refractivity contribution is 7.22. The number of thiazole rings is 1. The average molecular weight is 365 g/mol. The zero-order chi connectivity index (χ0) is 18.1. The summed E-state index contributed by atoms with van der Waals surface area (Å²) in [7, 11) is 1.58. The number of amides is 1. The van der Waals surface area contributed by atoms with E-state index in [1.54, 1.807) is 13.2 Å². The molecule has 0 unspecified atom stereocenters. The molecule has 1 amide bonds. The first-order chi connectivity index (χ1) is 12.7. The fourth-order valence-electron chi connectivity index (χ4n) is 2.66. The summed E-state index contributed by atoms with van der Waals surface area (Å²) in [5.41, 5.74) is 2.88. The van der Waals surface area contributed by atoms with Gasteiger partial charge >= 0.3 is 0 Å². The first-order valence-corrected chi connectivity index (χ1v) is 8.75. The van der Waals surface area contributed by atoms with Crippen molar-refractivity contribution >= 4 is 32.6 Å². The number of nitrogens with one attached hydrogen (secondary N) is 1. The van der Waals surface area contributed by atoms with Crippen LogP contribution in [0.5, 0.6) is 5.75 Å². The van der Waals surface area contributed by atoms with Crippen LogP contribution >= 0.6 is 11.3 Å². The molecule has 0 saturated heterocycles. The molecular formula is C19H15N3O3S. The number of hydrogen-bond donors (Lipinski definition) is 1. The van der Waals surface area contributed by atoms with Crippen LogP contribution in [0.4, 0.5) is 5.13 Å². The summed E-state index contributed by atoms with van der Waals surface area (Å²) in [6.45, 7) is 1.99. The van der Waals surface area contributed by atoms with Crippen molar-refractivity contribution in [2.24, 2.45) is 0 Å². The van der Waals surface area contributed by atoms with Gasteiger partial charge in [0, 0.05) is 6.07 Å². The van der Waals surface area contributed by atoms with Crippen LogP contribution in [0, 0.1) is 6.92 Å². The summed E-state index contributed by atoms with van der Waals surface area (Å²) >= 11 is 1.42. The minimum atomic E-state index is -0.369. The van der Waals surface area contributed by atoms with Crippen LogP contribution in [0.1, 0.15) is 16.1 Å². The predicted octanol–water partition coefficient (Wildman–Crippen LogP) is 4.52. The molecule has 0 aliphatic rings. The third-order valence-electron chi connectivity index (χ3n) is 3.96. The number of methoxy groups -OCH3 is 1. The quantitative estimate of drug-likeness (QED) is 0.575. The Hall–Kier alpha value is -3.19. The van der Waals surface area contributed by atoms with Crippen molar-refractivity contribution in [3.05, 3.63) is 59.8 Å². The number of nitrogens with zero attached hydrogens (tertiary/aromatic N) is 2. The van der Waals surface area contributed by atoms with Crippen LogP contribution in [0.2, 0.25) is 0 Å². The largest absolute Gasteiger partial charge is 0.496 e. The number of ether oxygens (including phenoxy) is 1. The molecule has 7 heteroatoms. The zero-order valence-corrected chi connectivity index (χ0v) is 15.0. The Bertz CT molecular complexity index is 1100. The van der Waals surface area contributed by atoms with Crippen molar-refractivity contribution in [3.63, 3.8) is 0 Å². The van der Waals surface area contributed by atoms with Crippen LogP contribution < -0.4 is 10.1 Å². The number of anilines is 1. The molecule has 26 heavy (non-hydrogen) atoms. The molecule has 0 spiro atoms. The lowest BCUT2D eigenvalue weighted by atomic mass is 10.1. The van der Waals surface area contributed by atoms with Crippen LogP contribution in [-0.2, 0) is 0 Å². The van der Waals surface area contributed by atoms with Crippen molar-refractivity contribution in [1.82, 2.24) is 10.1 Å². The second kappa shape index (κ2) is 6.61. The van der Waals surface area contributed by atoms with E-state index in [1.165, 1.54) is 11.3 Å². The Morgan fingerprint density at radius 1 is 1.19 bits per heavy atom. The number of aryl methyl sites for hydroxylation is 1. The van der Waals surface area contributed by atoms with Crippen LogP contribution in [0.3, 0.4) is 0 Å². The minimum absolute atomic E-state index is 0.182. The van der Waals surface area contributed by atoms with Crippen molar-refractivity contribution < 1.29 is 14.1 Å². The van der Waals surface area contributed by atoms with E-state index in [9.17, 15) is 4.79 Å². The minimum Gasteiger partial charge on any atom is -0.496 e. The number of hydrogen-bond acceptors (Lipinski definition) is 6. The second-order valence-electron chi connectivity index (χ2n) is 5.67.